The molecule has 3 nitrogen and oxygen atoms in total. The summed E-state index contributed by atoms with van der Waals surface area (Å²) in [5.41, 5.74) is 7.51. The molecule has 1 fully saturated rings. The zero-order valence-corrected chi connectivity index (χ0v) is 19.5. The van der Waals surface area contributed by atoms with Crippen LogP contribution in [0.5, 0.6) is 0 Å². The first-order chi connectivity index (χ1) is 15.0. The van der Waals surface area contributed by atoms with Crippen LogP contribution in [0.4, 0.5) is 0 Å². The molecule has 0 saturated heterocycles. The van der Waals surface area contributed by atoms with Gasteiger partial charge in [-0.3, -0.25) is 4.79 Å². The van der Waals surface area contributed by atoms with Crippen molar-refractivity contribution in [3.8, 4) is 11.3 Å². The fourth-order valence-electron chi connectivity index (χ4n) is 4.74. The van der Waals surface area contributed by atoms with Gasteiger partial charge in [-0.25, -0.2) is 0 Å². The maximum absolute atomic E-state index is 12.8. The molecule has 0 unspecified atom stereocenters. The summed E-state index contributed by atoms with van der Waals surface area (Å²) < 4.78 is 0. The summed E-state index contributed by atoms with van der Waals surface area (Å²) in [5, 5.41) is 9.54. The Morgan fingerprint density at radius 2 is 1.58 bits per heavy atom. The van der Waals surface area contributed by atoms with Crippen LogP contribution in [0.2, 0.25) is 0 Å². The standard InChI is InChI=1S/C27H30N2OS/c1-18-15-19(2)27(20(3)16-18)25(30)17-31-26-14-13-24(28-29-26)23-11-9-22(10-12-23)21-7-5-4-6-8-21/h9-16,21H,4-8,17H2,1-3H3. The van der Waals surface area contributed by atoms with Crippen LogP contribution in [0.1, 0.15) is 70.6 Å². The van der Waals surface area contributed by atoms with Gasteiger partial charge in [0.2, 0.25) is 0 Å². The molecular formula is C27H30N2OS. The predicted octanol–water partition coefficient (Wildman–Crippen LogP) is 7.09. The molecule has 0 atom stereocenters. The van der Waals surface area contributed by atoms with E-state index < -0.39 is 0 Å². The zero-order chi connectivity index (χ0) is 21.8. The second-order valence-electron chi connectivity index (χ2n) is 8.70. The number of rotatable bonds is 6. The summed E-state index contributed by atoms with van der Waals surface area (Å²) in [6.45, 7) is 6.07. The molecule has 0 spiro atoms. The van der Waals surface area contributed by atoms with Crippen molar-refractivity contribution in [2.75, 3.05) is 5.75 Å². The summed E-state index contributed by atoms with van der Waals surface area (Å²) in [5.74, 6) is 1.23. The molecule has 31 heavy (non-hydrogen) atoms. The van der Waals surface area contributed by atoms with Gasteiger partial charge in [0.1, 0.15) is 5.03 Å². The van der Waals surface area contributed by atoms with Crippen LogP contribution in [0.3, 0.4) is 0 Å². The summed E-state index contributed by atoms with van der Waals surface area (Å²) >= 11 is 1.45. The van der Waals surface area contributed by atoms with E-state index in [2.05, 4.69) is 53.5 Å². The highest BCUT2D eigenvalue weighted by Crippen LogP contribution is 2.33. The average Bonchev–Trinajstić information content (AvgIpc) is 2.78. The van der Waals surface area contributed by atoms with Crippen LogP contribution in [-0.4, -0.2) is 21.7 Å². The van der Waals surface area contributed by atoms with E-state index in [0.29, 0.717) is 11.7 Å². The van der Waals surface area contributed by atoms with E-state index in [1.807, 2.05) is 26.0 Å². The van der Waals surface area contributed by atoms with Crippen LogP contribution in [-0.2, 0) is 0 Å². The Bertz CT molecular complexity index is 1030. The fourth-order valence-corrected chi connectivity index (χ4v) is 5.43. The van der Waals surface area contributed by atoms with Gasteiger partial charge >= 0.3 is 0 Å². The molecule has 3 aromatic rings. The van der Waals surface area contributed by atoms with Crippen molar-refractivity contribution < 1.29 is 4.79 Å². The number of nitrogens with zero attached hydrogens (tertiary/aromatic N) is 2. The average molecular weight is 431 g/mol. The summed E-state index contributed by atoms with van der Waals surface area (Å²) in [6, 6.07) is 16.9. The summed E-state index contributed by atoms with van der Waals surface area (Å²) in [7, 11) is 0. The Labute approximate surface area is 189 Å². The first kappa shape index (κ1) is 21.8. The van der Waals surface area contributed by atoms with Gasteiger partial charge in [-0.2, -0.15) is 0 Å². The minimum absolute atomic E-state index is 0.143. The number of aromatic nitrogens is 2. The molecule has 4 heteroatoms. The van der Waals surface area contributed by atoms with E-state index >= 15 is 0 Å². The molecule has 160 valence electrons. The van der Waals surface area contributed by atoms with Gasteiger partial charge in [0.25, 0.3) is 0 Å². The number of Topliss-reactive ketones (excluding diaryl/α,β-unsaturated/α-hetero) is 1. The lowest BCUT2D eigenvalue weighted by Crippen LogP contribution is -2.08. The summed E-state index contributed by atoms with van der Waals surface area (Å²) in [4.78, 5) is 12.8. The van der Waals surface area contributed by atoms with Gasteiger partial charge < -0.3 is 0 Å². The molecule has 1 aliphatic carbocycles. The Hall–Kier alpha value is -2.46. The second-order valence-corrected chi connectivity index (χ2v) is 9.69. The van der Waals surface area contributed by atoms with E-state index in [0.717, 1.165) is 33.0 Å². The predicted molar refractivity (Wildman–Crippen MR) is 129 cm³/mol. The zero-order valence-electron chi connectivity index (χ0n) is 18.6. The van der Waals surface area contributed by atoms with Crippen molar-refractivity contribution in [2.45, 2.75) is 63.8 Å². The van der Waals surface area contributed by atoms with Gasteiger partial charge in [0.15, 0.2) is 5.78 Å². The quantitative estimate of drug-likeness (QED) is 0.309. The molecule has 2 aromatic carbocycles. The Balaban J connectivity index is 1.39. The fraction of sp³-hybridized carbons (Fsp3) is 0.370. The van der Waals surface area contributed by atoms with E-state index in [9.17, 15) is 4.79 Å². The SMILES string of the molecule is Cc1cc(C)c(C(=O)CSc2ccc(-c3ccc(C4CCCCC4)cc3)nn2)c(C)c1. The third-order valence-corrected chi connectivity index (χ3v) is 7.15. The molecule has 0 N–H and O–H groups in total. The number of hydrogen-bond acceptors (Lipinski definition) is 4. The first-order valence-electron chi connectivity index (χ1n) is 11.2. The number of aryl methyl sites for hydroxylation is 3. The Morgan fingerprint density at radius 1 is 0.903 bits per heavy atom. The molecule has 1 aliphatic rings. The number of carbonyl (C=O) groups is 1. The normalized spacial score (nSPS) is 14.5. The van der Waals surface area contributed by atoms with Crippen LogP contribution in [0.15, 0.2) is 53.6 Å². The summed E-state index contributed by atoms with van der Waals surface area (Å²) in [6.07, 6.45) is 6.70. The highest BCUT2D eigenvalue weighted by atomic mass is 32.2. The lowest BCUT2D eigenvalue weighted by Gasteiger charge is -2.22. The number of ketones is 1. The number of benzene rings is 2. The van der Waals surface area contributed by atoms with Gasteiger partial charge in [-0.05, 0) is 68.4 Å². The minimum Gasteiger partial charge on any atom is -0.293 e. The third-order valence-electron chi connectivity index (χ3n) is 6.23. The monoisotopic (exact) mass is 430 g/mol. The molecular weight excluding hydrogens is 400 g/mol. The Kier molecular flexibility index (Phi) is 6.86. The van der Waals surface area contributed by atoms with Gasteiger partial charge in [0, 0.05) is 11.1 Å². The van der Waals surface area contributed by atoms with Gasteiger partial charge in [-0.1, -0.05) is 73.0 Å². The number of thioether (sulfide) groups is 1. The van der Waals surface area contributed by atoms with Crippen molar-refractivity contribution in [2.24, 2.45) is 0 Å². The maximum Gasteiger partial charge on any atom is 0.173 e. The van der Waals surface area contributed by atoms with Crippen molar-refractivity contribution in [3.05, 3.63) is 76.3 Å². The molecule has 0 radical (unpaired) electrons. The molecule has 1 heterocycles. The van der Waals surface area contributed by atoms with Crippen LogP contribution >= 0.6 is 11.8 Å². The van der Waals surface area contributed by atoms with Crippen LogP contribution in [0, 0.1) is 20.8 Å². The van der Waals surface area contributed by atoms with Gasteiger partial charge in [-0.15, -0.1) is 10.2 Å². The molecule has 0 bridgehead atoms. The number of hydrogen-bond donors (Lipinski definition) is 0. The van der Waals surface area contributed by atoms with E-state index in [1.54, 1.807) is 0 Å². The van der Waals surface area contributed by atoms with Crippen molar-refractivity contribution >= 4 is 17.5 Å². The van der Waals surface area contributed by atoms with E-state index in [4.69, 9.17) is 0 Å². The second kappa shape index (κ2) is 9.78. The van der Waals surface area contributed by atoms with Crippen molar-refractivity contribution in [1.82, 2.24) is 10.2 Å². The first-order valence-corrected chi connectivity index (χ1v) is 12.2. The van der Waals surface area contributed by atoms with E-state index in [1.165, 1.54) is 55.0 Å². The maximum atomic E-state index is 12.8. The number of carbonyl (C=O) groups excluding carboxylic acids is 1. The highest BCUT2D eigenvalue weighted by Gasteiger charge is 2.16. The molecule has 4 rings (SSSR count). The van der Waals surface area contributed by atoms with Gasteiger partial charge in [0.05, 0.1) is 11.4 Å². The molecule has 1 saturated carbocycles. The smallest absolute Gasteiger partial charge is 0.173 e. The molecule has 0 amide bonds. The Morgan fingerprint density at radius 3 is 2.19 bits per heavy atom. The van der Waals surface area contributed by atoms with Crippen LogP contribution in [0.25, 0.3) is 11.3 Å². The topological polar surface area (TPSA) is 42.9 Å². The third kappa shape index (κ3) is 5.24. The van der Waals surface area contributed by atoms with Crippen LogP contribution < -0.4 is 0 Å². The van der Waals surface area contributed by atoms with Crippen molar-refractivity contribution in [3.63, 3.8) is 0 Å². The minimum atomic E-state index is 0.143. The molecule has 1 aromatic heterocycles. The highest BCUT2D eigenvalue weighted by molar-refractivity contribution is 7.99. The lowest BCUT2D eigenvalue weighted by atomic mass is 9.84. The lowest BCUT2D eigenvalue weighted by molar-refractivity contribution is 0.102. The van der Waals surface area contributed by atoms with E-state index in [-0.39, 0.29) is 5.78 Å². The van der Waals surface area contributed by atoms with Crippen molar-refractivity contribution in [1.29, 1.82) is 0 Å². The molecule has 0 aliphatic heterocycles. The largest absolute Gasteiger partial charge is 0.293 e.